The fourth-order valence-corrected chi connectivity index (χ4v) is 3.69. The highest BCUT2D eigenvalue weighted by Crippen LogP contribution is 2.35. The molecule has 4 heteroatoms. The van der Waals surface area contributed by atoms with Gasteiger partial charge in [0, 0.05) is 26.2 Å². The van der Waals surface area contributed by atoms with Gasteiger partial charge in [0.1, 0.15) is 5.76 Å². The first-order valence-electron chi connectivity index (χ1n) is 5.21. The maximum absolute atomic E-state index is 6.27. The Kier molecular flexibility index (Phi) is 3.52. The average molecular weight is 300 g/mol. The molecule has 2 rings (SSSR count). The second-order valence-corrected chi connectivity index (χ2v) is 5.84. The molecule has 0 aliphatic carbocycles. The van der Waals surface area contributed by atoms with Crippen molar-refractivity contribution in [2.75, 3.05) is 0 Å². The zero-order chi connectivity index (χ0) is 11.7. The van der Waals surface area contributed by atoms with E-state index in [2.05, 4.69) is 35.8 Å². The van der Waals surface area contributed by atoms with E-state index in [9.17, 15) is 0 Å². The largest absolute Gasteiger partial charge is 0.469 e. The van der Waals surface area contributed by atoms with Gasteiger partial charge in [0.05, 0.1) is 12.3 Å². The van der Waals surface area contributed by atoms with Crippen LogP contribution in [-0.2, 0) is 6.42 Å². The summed E-state index contributed by atoms with van der Waals surface area (Å²) in [5.74, 6) is 0.977. The predicted octanol–water partition coefficient (Wildman–Crippen LogP) is 4.02. The van der Waals surface area contributed by atoms with Gasteiger partial charge in [0.15, 0.2) is 0 Å². The van der Waals surface area contributed by atoms with Crippen molar-refractivity contribution in [1.29, 1.82) is 0 Å². The van der Waals surface area contributed by atoms with E-state index in [-0.39, 0.29) is 6.04 Å². The molecule has 0 radical (unpaired) electrons. The number of hydrogen-bond acceptors (Lipinski definition) is 3. The van der Waals surface area contributed by atoms with Crippen LogP contribution in [0.5, 0.6) is 0 Å². The molecule has 0 amide bonds. The smallest absolute Gasteiger partial charge is 0.108 e. The highest BCUT2D eigenvalue weighted by atomic mass is 79.9. The topological polar surface area (TPSA) is 39.2 Å². The summed E-state index contributed by atoms with van der Waals surface area (Å²) in [6.07, 6.45) is 2.58. The molecule has 2 N–H and O–H groups in total. The Hall–Kier alpha value is -0.580. The molecule has 0 saturated carbocycles. The minimum Gasteiger partial charge on any atom is -0.469 e. The highest BCUT2D eigenvalue weighted by Gasteiger charge is 2.19. The van der Waals surface area contributed by atoms with Gasteiger partial charge in [-0.3, -0.25) is 0 Å². The minimum atomic E-state index is -0.0956. The fourth-order valence-electron chi connectivity index (χ4n) is 1.77. The lowest BCUT2D eigenvalue weighted by Gasteiger charge is -2.10. The molecule has 2 aromatic rings. The van der Waals surface area contributed by atoms with Gasteiger partial charge in [-0.05, 0) is 35.0 Å². The molecule has 0 saturated heterocycles. The van der Waals surface area contributed by atoms with Crippen molar-refractivity contribution in [3.63, 3.8) is 0 Å². The minimum absolute atomic E-state index is 0.0956. The lowest BCUT2D eigenvalue weighted by Crippen LogP contribution is -2.11. The van der Waals surface area contributed by atoms with Crippen molar-refractivity contribution in [3.05, 3.63) is 43.9 Å². The molecule has 0 bridgehead atoms. The van der Waals surface area contributed by atoms with Crippen molar-refractivity contribution < 1.29 is 4.42 Å². The Labute approximate surface area is 108 Å². The molecule has 0 fully saturated rings. The van der Waals surface area contributed by atoms with Crippen LogP contribution in [-0.4, -0.2) is 0 Å². The second-order valence-electron chi connectivity index (χ2n) is 3.70. The van der Waals surface area contributed by atoms with Crippen LogP contribution in [0.3, 0.4) is 0 Å². The van der Waals surface area contributed by atoms with Crippen LogP contribution in [0.4, 0.5) is 0 Å². The van der Waals surface area contributed by atoms with Crippen LogP contribution < -0.4 is 5.73 Å². The number of halogens is 1. The molecular formula is C12H14BrNOS. The van der Waals surface area contributed by atoms with Gasteiger partial charge < -0.3 is 10.2 Å². The van der Waals surface area contributed by atoms with E-state index in [1.54, 1.807) is 17.6 Å². The van der Waals surface area contributed by atoms with Gasteiger partial charge >= 0.3 is 0 Å². The standard InChI is InChI=1S/C12H14BrNOS/c1-3-10-8(4-5-15-10)11(14)12-9(13)6-7(2)16-12/h4-6,11H,3,14H2,1-2H3. The first kappa shape index (κ1) is 11.9. The summed E-state index contributed by atoms with van der Waals surface area (Å²) in [6.45, 7) is 4.16. The van der Waals surface area contributed by atoms with E-state index in [0.717, 1.165) is 27.1 Å². The first-order valence-corrected chi connectivity index (χ1v) is 6.82. The lowest BCUT2D eigenvalue weighted by atomic mass is 10.1. The van der Waals surface area contributed by atoms with E-state index in [4.69, 9.17) is 10.2 Å². The number of nitrogens with two attached hydrogens (primary N) is 1. The van der Waals surface area contributed by atoms with Crippen molar-refractivity contribution in [2.24, 2.45) is 5.73 Å². The molecule has 86 valence electrons. The van der Waals surface area contributed by atoms with Gasteiger partial charge in [-0.25, -0.2) is 0 Å². The molecule has 0 aromatic carbocycles. The predicted molar refractivity (Wildman–Crippen MR) is 70.9 cm³/mol. The first-order chi connectivity index (χ1) is 7.63. The Morgan fingerprint density at radius 1 is 1.56 bits per heavy atom. The maximum atomic E-state index is 6.27. The van der Waals surface area contributed by atoms with Crippen molar-refractivity contribution in [1.82, 2.24) is 0 Å². The molecule has 2 heterocycles. The highest BCUT2D eigenvalue weighted by molar-refractivity contribution is 9.10. The molecular weight excluding hydrogens is 286 g/mol. The van der Waals surface area contributed by atoms with Gasteiger partial charge in [-0.2, -0.15) is 0 Å². The van der Waals surface area contributed by atoms with Gasteiger partial charge in [-0.1, -0.05) is 6.92 Å². The Balaban J connectivity index is 2.38. The normalized spacial score (nSPS) is 13.0. The van der Waals surface area contributed by atoms with E-state index >= 15 is 0 Å². The third-order valence-electron chi connectivity index (χ3n) is 2.55. The van der Waals surface area contributed by atoms with E-state index in [1.807, 2.05) is 6.07 Å². The van der Waals surface area contributed by atoms with E-state index < -0.39 is 0 Å². The summed E-state index contributed by atoms with van der Waals surface area (Å²) >= 11 is 5.28. The number of thiophene rings is 1. The number of furan rings is 1. The van der Waals surface area contributed by atoms with Gasteiger partial charge in [0.2, 0.25) is 0 Å². The van der Waals surface area contributed by atoms with Gasteiger partial charge in [0.25, 0.3) is 0 Å². The Morgan fingerprint density at radius 3 is 2.88 bits per heavy atom. The molecule has 1 unspecified atom stereocenters. The summed E-state index contributed by atoms with van der Waals surface area (Å²) in [4.78, 5) is 2.42. The number of rotatable bonds is 3. The zero-order valence-electron chi connectivity index (χ0n) is 9.29. The summed E-state index contributed by atoms with van der Waals surface area (Å²) in [6, 6.07) is 3.97. The van der Waals surface area contributed by atoms with Crippen LogP contribution in [0.1, 0.15) is 34.0 Å². The Morgan fingerprint density at radius 2 is 2.31 bits per heavy atom. The monoisotopic (exact) mass is 299 g/mol. The molecule has 2 nitrogen and oxygen atoms in total. The maximum Gasteiger partial charge on any atom is 0.108 e. The molecule has 1 atom stereocenters. The summed E-state index contributed by atoms with van der Waals surface area (Å²) in [5.41, 5.74) is 7.36. The second kappa shape index (κ2) is 4.73. The van der Waals surface area contributed by atoms with Crippen LogP contribution in [0.25, 0.3) is 0 Å². The van der Waals surface area contributed by atoms with Crippen LogP contribution in [0.2, 0.25) is 0 Å². The third kappa shape index (κ3) is 2.10. The average Bonchev–Trinajstić information content (AvgIpc) is 2.83. The van der Waals surface area contributed by atoms with Crippen molar-refractivity contribution >= 4 is 27.3 Å². The molecule has 0 spiro atoms. The van der Waals surface area contributed by atoms with Crippen LogP contribution >= 0.6 is 27.3 Å². The number of hydrogen-bond donors (Lipinski definition) is 1. The van der Waals surface area contributed by atoms with Crippen molar-refractivity contribution in [2.45, 2.75) is 26.3 Å². The Bertz CT molecular complexity index is 489. The molecule has 2 aromatic heterocycles. The quantitative estimate of drug-likeness (QED) is 0.929. The van der Waals surface area contributed by atoms with Crippen LogP contribution in [0.15, 0.2) is 27.3 Å². The van der Waals surface area contributed by atoms with Crippen molar-refractivity contribution in [3.8, 4) is 0 Å². The summed E-state index contributed by atoms with van der Waals surface area (Å²) < 4.78 is 6.50. The summed E-state index contributed by atoms with van der Waals surface area (Å²) in [5, 5.41) is 0. The van der Waals surface area contributed by atoms with E-state index in [1.165, 1.54) is 4.88 Å². The number of aryl methyl sites for hydroxylation is 2. The molecule has 16 heavy (non-hydrogen) atoms. The third-order valence-corrected chi connectivity index (χ3v) is 4.61. The lowest BCUT2D eigenvalue weighted by molar-refractivity contribution is 0.509. The summed E-state index contributed by atoms with van der Waals surface area (Å²) in [7, 11) is 0. The van der Waals surface area contributed by atoms with E-state index in [0.29, 0.717) is 0 Å². The SMILES string of the molecule is CCc1occc1C(N)c1sc(C)cc1Br. The molecule has 0 aliphatic rings. The van der Waals surface area contributed by atoms with Crippen LogP contribution in [0, 0.1) is 6.92 Å². The van der Waals surface area contributed by atoms with Gasteiger partial charge in [-0.15, -0.1) is 11.3 Å². The zero-order valence-corrected chi connectivity index (χ0v) is 11.7. The molecule has 0 aliphatic heterocycles. The fraction of sp³-hybridized carbons (Fsp3) is 0.333.